The van der Waals surface area contributed by atoms with Crippen LogP contribution in [0.3, 0.4) is 0 Å². The van der Waals surface area contributed by atoms with E-state index in [-0.39, 0.29) is 24.1 Å². The van der Waals surface area contributed by atoms with E-state index in [1.54, 1.807) is 11.3 Å². The summed E-state index contributed by atoms with van der Waals surface area (Å²) in [7, 11) is 0. The van der Waals surface area contributed by atoms with Gasteiger partial charge in [0.05, 0.1) is 12.6 Å². The van der Waals surface area contributed by atoms with Gasteiger partial charge in [-0.3, -0.25) is 9.69 Å². The zero-order chi connectivity index (χ0) is 14.6. The first-order valence-corrected chi connectivity index (χ1v) is 8.74. The third-order valence-corrected chi connectivity index (χ3v) is 6.51. The Morgan fingerprint density at radius 3 is 2.90 bits per heavy atom. The normalized spacial score (nSPS) is 32.8. The largest absolute Gasteiger partial charge is 0.394 e. The van der Waals surface area contributed by atoms with Crippen LogP contribution >= 0.6 is 11.3 Å². The Morgan fingerprint density at radius 1 is 1.57 bits per heavy atom. The average Bonchev–Trinajstić information content (AvgIpc) is 2.92. The van der Waals surface area contributed by atoms with Crippen LogP contribution in [0.5, 0.6) is 0 Å². The number of thiophene rings is 1. The number of amides is 1. The SMILES string of the molecule is Cc1ccsc1C(CO)NC(=O)C12CC(CN1C1CC1)C2. The second-order valence-electron chi connectivity index (χ2n) is 6.87. The summed E-state index contributed by atoms with van der Waals surface area (Å²) in [5.74, 6) is 0.849. The quantitative estimate of drug-likeness (QED) is 0.873. The number of rotatable bonds is 5. The van der Waals surface area contributed by atoms with Crippen molar-refractivity contribution in [1.29, 1.82) is 0 Å². The highest BCUT2D eigenvalue weighted by Gasteiger charge is 2.63. The third-order valence-electron chi connectivity index (χ3n) is 5.37. The Bertz CT molecular complexity index is 560. The van der Waals surface area contributed by atoms with Gasteiger partial charge in [-0.25, -0.2) is 0 Å². The number of fused-ring (bicyclic) bond motifs is 1. The van der Waals surface area contributed by atoms with Crippen molar-refractivity contribution in [2.45, 2.75) is 50.2 Å². The summed E-state index contributed by atoms with van der Waals surface area (Å²) in [6, 6.07) is 2.42. The van der Waals surface area contributed by atoms with Gasteiger partial charge in [-0.15, -0.1) is 11.3 Å². The van der Waals surface area contributed by atoms with E-state index < -0.39 is 0 Å². The number of hydrogen-bond acceptors (Lipinski definition) is 4. The van der Waals surface area contributed by atoms with Gasteiger partial charge in [-0.05, 0) is 55.5 Å². The fraction of sp³-hybridized carbons (Fsp3) is 0.688. The number of nitrogens with zero attached hydrogens (tertiary/aromatic N) is 1. The lowest BCUT2D eigenvalue weighted by Crippen LogP contribution is -2.58. The molecule has 2 aliphatic carbocycles. The molecule has 0 aromatic carbocycles. The molecule has 2 bridgehead atoms. The summed E-state index contributed by atoms with van der Waals surface area (Å²) < 4.78 is 0. The summed E-state index contributed by atoms with van der Waals surface area (Å²) >= 11 is 1.61. The molecule has 1 unspecified atom stereocenters. The van der Waals surface area contributed by atoms with Crippen LogP contribution in [0.25, 0.3) is 0 Å². The summed E-state index contributed by atoms with van der Waals surface area (Å²) in [5, 5.41) is 14.8. The number of carbonyl (C=O) groups excluding carboxylic acids is 1. The number of nitrogens with one attached hydrogen (secondary N) is 1. The summed E-state index contributed by atoms with van der Waals surface area (Å²) in [5.41, 5.74) is 0.888. The Hall–Kier alpha value is -0.910. The van der Waals surface area contributed by atoms with Gasteiger partial charge in [0.25, 0.3) is 0 Å². The molecular weight excluding hydrogens is 284 g/mol. The van der Waals surface area contributed by atoms with E-state index in [1.165, 1.54) is 12.8 Å². The molecule has 1 atom stereocenters. The summed E-state index contributed by atoms with van der Waals surface area (Å²) in [4.78, 5) is 16.4. The molecule has 5 heteroatoms. The van der Waals surface area contributed by atoms with Gasteiger partial charge in [0.15, 0.2) is 0 Å². The molecule has 2 saturated carbocycles. The maximum Gasteiger partial charge on any atom is 0.241 e. The molecule has 114 valence electrons. The summed E-state index contributed by atoms with van der Waals surface area (Å²) in [6.45, 7) is 3.10. The van der Waals surface area contributed by atoms with E-state index in [2.05, 4.69) is 10.2 Å². The average molecular weight is 306 g/mol. The zero-order valence-corrected chi connectivity index (χ0v) is 13.2. The maximum absolute atomic E-state index is 12.9. The van der Waals surface area contributed by atoms with E-state index in [0.717, 1.165) is 29.8 Å². The van der Waals surface area contributed by atoms with E-state index in [0.29, 0.717) is 12.0 Å². The molecule has 1 amide bonds. The second kappa shape index (κ2) is 4.80. The molecule has 3 heterocycles. The van der Waals surface area contributed by atoms with Crippen molar-refractivity contribution in [3.8, 4) is 0 Å². The van der Waals surface area contributed by atoms with Crippen molar-refractivity contribution >= 4 is 17.2 Å². The van der Waals surface area contributed by atoms with Gasteiger partial charge < -0.3 is 10.4 Å². The first-order chi connectivity index (χ1) is 10.1. The molecule has 1 aromatic heterocycles. The van der Waals surface area contributed by atoms with Crippen LogP contribution in [0.15, 0.2) is 11.4 Å². The third kappa shape index (κ3) is 2.05. The number of aliphatic hydroxyl groups excluding tert-OH is 1. The van der Waals surface area contributed by atoms with E-state index in [9.17, 15) is 9.90 Å². The molecule has 21 heavy (non-hydrogen) atoms. The molecule has 0 spiro atoms. The van der Waals surface area contributed by atoms with Crippen molar-refractivity contribution < 1.29 is 9.90 Å². The fourth-order valence-corrected chi connectivity index (χ4v) is 5.11. The van der Waals surface area contributed by atoms with Crippen LogP contribution in [0, 0.1) is 12.8 Å². The predicted molar refractivity (Wildman–Crippen MR) is 82.2 cm³/mol. The van der Waals surface area contributed by atoms with Crippen LogP contribution in [0.4, 0.5) is 0 Å². The Labute approximate surface area is 129 Å². The van der Waals surface area contributed by atoms with Crippen LogP contribution in [0.1, 0.15) is 42.2 Å². The molecule has 4 aliphatic rings. The van der Waals surface area contributed by atoms with E-state index in [1.807, 2.05) is 18.4 Å². The number of aliphatic hydroxyl groups is 1. The minimum atomic E-state index is -0.260. The minimum absolute atomic E-state index is 0.0317. The molecule has 5 rings (SSSR count). The van der Waals surface area contributed by atoms with Gasteiger partial charge in [0.1, 0.15) is 5.54 Å². The maximum atomic E-state index is 12.9. The topological polar surface area (TPSA) is 52.6 Å². The zero-order valence-electron chi connectivity index (χ0n) is 12.3. The molecule has 1 aromatic rings. The second-order valence-corrected chi connectivity index (χ2v) is 7.81. The first-order valence-electron chi connectivity index (χ1n) is 7.86. The van der Waals surface area contributed by atoms with E-state index in [4.69, 9.17) is 0 Å². The van der Waals surface area contributed by atoms with Crippen molar-refractivity contribution in [2.75, 3.05) is 13.2 Å². The van der Waals surface area contributed by atoms with Crippen LogP contribution < -0.4 is 5.32 Å². The minimum Gasteiger partial charge on any atom is -0.394 e. The lowest BCUT2D eigenvalue weighted by molar-refractivity contribution is -0.136. The molecule has 4 nitrogen and oxygen atoms in total. The number of hydrogen-bond donors (Lipinski definition) is 2. The standard InChI is InChI=1S/C16H22N2O2S/c1-10-4-5-21-14(10)13(9-19)17-15(20)16-6-11(7-16)8-18(16)12-2-3-12/h4-5,11-13,19H,2-3,6-9H2,1H3,(H,17,20). The van der Waals surface area contributed by atoms with Gasteiger partial charge in [0.2, 0.25) is 5.91 Å². The van der Waals surface area contributed by atoms with E-state index >= 15 is 0 Å². The lowest BCUT2D eigenvalue weighted by Gasteiger charge is -2.41. The van der Waals surface area contributed by atoms with Gasteiger partial charge in [-0.2, -0.15) is 0 Å². The molecule has 2 saturated heterocycles. The molecule has 4 fully saturated rings. The van der Waals surface area contributed by atoms with Crippen LogP contribution in [0.2, 0.25) is 0 Å². The number of aryl methyl sites for hydroxylation is 1. The summed E-state index contributed by atoms with van der Waals surface area (Å²) in [6.07, 6.45) is 4.51. The van der Waals surface area contributed by atoms with Crippen molar-refractivity contribution in [3.63, 3.8) is 0 Å². The molecular formula is C16H22N2O2S. The van der Waals surface area contributed by atoms with Crippen molar-refractivity contribution in [1.82, 2.24) is 10.2 Å². The highest BCUT2D eigenvalue weighted by molar-refractivity contribution is 7.10. The van der Waals surface area contributed by atoms with Crippen molar-refractivity contribution in [3.05, 3.63) is 21.9 Å². The number of carbonyl (C=O) groups is 1. The van der Waals surface area contributed by atoms with Crippen LogP contribution in [-0.2, 0) is 4.79 Å². The van der Waals surface area contributed by atoms with Crippen LogP contribution in [-0.4, -0.2) is 40.6 Å². The predicted octanol–water partition coefficient (Wildman–Crippen LogP) is 1.83. The Kier molecular flexibility index (Phi) is 3.14. The van der Waals surface area contributed by atoms with Crippen molar-refractivity contribution in [2.24, 2.45) is 5.92 Å². The Morgan fingerprint density at radius 2 is 2.33 bits per heavy atom. The van der Waals surface area contributed by atoms with Gasteiger partial charge >= 0.3 is 0 Å². The Balaban J connectivity index is 1.51. The highest BCUT2D eigenvalue weighted by atomic mass is 32.1. The fourth-order valence-electron chi connectivity index (χ4n) is 4.14. The monoisotopic (exact) mass is 306 g/mol. The molecule has 2 aliphatic heterocycles. The highest BCUT2D eigenvalue weighted by Crippen LogP contribution is 2.54. The van der Waals surface area contributed by atoms with Gasteiger partial charge in [0, 0.05) is 17.5 Å². The first kappa shape index (κ1) is 13.7. The smallest absolute Gasteiger partial charge is 0.241 e. The lowest BCUT2D eigenvalue weighted by atomic mass is 9.72. The molecule has 2 N–H and O–H groups in total. The molecule has 0 radical (unpaired) electrons. The van der Waals surface area contributed by atoms with Gasteiger partial charge in [-0.1, -0.05) is 0 Å².